The van der Waals surface area contributed by atoms with Crippen LogP contribution in [0, 0.1) is 0 Å². The third-order valence-corrected chi connectivity index (χ3v) is 4.48. The summed E-state index contributed by atoms with van der Waals surface area (Å²) >= 11 is 4.40. The predicted molar refractivity (Wildman–Crippen MR) is 66.5 cm³/mol. The zero-order chi connectivity index (χ0) is 11.7. The Hall–Kier alpha value is -0.660. The van der Waals surface area contributed by atoms with E-state index >= 15 is 0 Å². The molecule has 0 atom stereocenters. The second-order valence-corrected chi connectivity index (χ2v) is 5.44. The third kappa shape index (κ3) is 2.36. The van der Waals surface area contributed by atoms with E-state index in [1.807, 2.05) is 0 Å². The quantitative estimate of drug-likeness (QED) is 0.894. The summed E-state index contributed by atoms with van der Waals surface area (Å²) in [6.45, 7) is 3.77. The van der Waals surface area contributed by atoms with E-state index in [0.29, 0.717) is 4.60 Å². The molecule has 1 saturated heterocycles. The van der Waals surface area contributed by atoms with E-state index < -0.39 is 5.97 Å². The van der Waals surface area contributed by atoms with Gasteiger partial charge in [0.2, 0.25) is 0 Å². The molecule has 0 spiro atoms. The average Bonchev–Trinajstić information content (AvgIpc) is 2.61. The van der Waals surface area contributed by atoms with Crippen molar-refractivity contribution in [3.8, 4) is 0 Å². The molecule has 0 aliphatic carbocycles. The molecule has 2 rings (SSSR count). The Labute approximate surface area is 106 Å². The number of rotatable bonds is 2. The molecular formula is C9H12BrN3O2S. The fraction of sp³-hybridized carbons (Fsp3) is 0.556. The second-order valence-electron chi connectivity index (χ2n) is 3.71. The largest absolute Gasteiger partial charge is 0.477 e. The van der Waals surface area contributed by atoms with E-state index in [2.05, 4.69) is 37.8 Å². The van der Waals surface area contributed by atoms with Gasteiger partial charge in [0.1, 0.15) is 9.48 Å². The van der Waals surface area contributed by atoms with E-state index in [1.165, 1.54) is 11.3 Å². The average molecular weight is 306 g/mol. The minimum atomic E-state index is -0.926. The van der Waals surface area contributed by atoms with E-state index in [0.717, 1.165) is 31.3 Å². The number of likely N-dealkylation sites (N-methyl/N-ethyl adjacent to an activating group) is 1. The van der Waals surface area contributed by atoms with Crippen molar-refractivity contribution in [3.05, 3.63) is 9.48 Å². The number of piperazine rings is 1. The van der Waals surface area contributed by atoms with Crippen LogP contribution in [0.2, 0.25) is 0 Å². The van der Waals surface area contributed by atoms with E-state index in [4.69, 9.17) is 5.11 Å². The Balaban J connectivity index is 2.15. The van der Waals surface area contributed by atoms with E-state index in [-0.39, 0.29) is 4.88 Å². The van der Waals surface area contributed by atoms with Gasteiger partial charge in [-0.2, -0.15) is 0 Å². The number of halogens is 1. The molecule has 1 N–H and O–H groups in total. The van der Waals surface area contributed by atoms with Crippen LogP contribution in [0.1, 0.15) is 9.67 Å². The van der Waals surface area contributed by atoms with Crippen LogP contribution >= 0.6 is 27.3 Å². The van der Waals surface area contributed by atoms with Gasteiger partial charge in [-0.15, -0.1) is 0 Å². The minimum absolute atomic E-state index is 0.272. The predicted octanol–water partition coefficient (Wildman–Crippen LogP) is 1.36. The van der Waals surface area contributed by atoms with E-state index in [9.17, 15) is 4.79 Å². The monoisotopic (exact) mass is 305 g/mol. The lowest BCUT2D eigenvalue weighted by atomic mass is 10.3. The molecule has 2 heterocycles. The summed E-state index contributed by atoms with van der Waals surface area (Å²) < 4.78 is 0.430. The first-order valence-electron chi connectivity index (χ1n) is 4.91. The van der Waals surface area contributed by atoms with Crippen molar-refractivity contribution in [2.75, 3.05) is 38.1 Å². The molecule has 0 radical (unpaired) electrons. The van der Waals surface area contributed by atoms with Crippen molar-refractivity contribution in [2.24, 2.45) is 0 Å². The van der Waals surface area contributed by atoms with Crippen molar-refractivity contribution >= 4 is 38.4 Å². The molecule has 0 aromatic carbocycles. The molecular weight excluding hydrogens is 294 g/mol. The molecule has 5 nitrogen and oxygen atoms in total. The fourth-order valence-corrected chi connectivity index (χ4v) is 3.10. The van der Waals surface area contributed by atoms with Crippen molar-refractivity contribution in [1.29, 1.82) is 0 Å². The highest BCUT2D eigenvalue weighted by molar-refractivity contribution is 9.10. The molecule has 1 aliphatic heterocycles. The first kappa shape index (κ1) is 11.8. The molecule has 16 heavy (non-hydrogen) atoms. The zero-order valence-corrected chi connectivity index (χ0v) is 11.2. The molecule has 1 aromatic heterocycles. The van der Waals surface area contributed by atoms with Crippen LogP contribution in [-0.4, -0.2) is 54.2 Å². The van der Waals surface area contributed by atoms with Crippen molar-refractivity contribution in [3.63, 3.8) is 0 Å². The Morgan fingerprint density at radius 3 is 2.56 bits per heavy atom. The van der Waals surface area contributed by atoms with Gasteiger partial charge in [-0.1, -0.05) is 11.3 Å². The van der Waals surface area contributed by atoms with Gasteiger partial charge in [-0.05, 0) is 23.0 Å². The molecule has 0 unspecified atom stereocenters. The summed E-state index contributed by atoms with van der Waals surface area (Å²) in [5.41, 5.74) is 0. The molecule has 0 amide bonds. The highest BCUT2D eigenvalue weighted by Gasteiger charge is 2.21. The van der Waals surface area contributed by atoms with Gasteiger partial charge in [0.25, 0.3) is 0 Å². The van der Waals surface area contributed by atoms with Gasteiger partial charge in [0, 0.05) is 26.2 Å². The molecule has 1 aromatic rings. The number of aromatic nitrogens is 1. The summed E-state index contributed by atoms with van der Waals surface area (Å²) in [6.07, 6.45) is 0. The smallest absolute Gasteiger partial charge is 0.348 e. The SMILES string of the molecule is CN1CCN(c2nc(Br)c(C(=O)O)s2)CC1. The topological polar surface area (TPSA) is 56.7 Å². The summed E-state index contributed by atoms with van der Waals surface area (Å²) in [6, 6.07) is 0. The van der Waals surface area contributed by atoms with Crippen molar-refractivity contribution in [1.82, 2.24) is 9.88 Å². The molecule has 0 saturated carbocycles. The minimum Gasteiger partial charge on any atom is -0.477 e. The number of hydrogen-bond donors (Lipinski definition) is 1. The molecule has 1 fully saturated rings. The van der Waals surface area contributed by atoms with Crippen molar-refractivity contribution in [2.45, 2.75) is 0 Å². The molecule has 0 bridgehead atoms. The van der Waals surface area contributed by atoms with Crippen LogP contribution < -0.4 is 4.90 Å². The lowest BCUT2D eigenvalue weighted by Crippen LogP contribution is -2.44. The van der Waals surface area contributed by atoms with Crippen LogP contribution in [0.15, 0.2) is 4.60 Å². The van der Waals surface area contributed by atoms with Crippen LogP contribution in [0.4, 0.5) is 5.13 Å². The zero-order valence-electron chi connectivity index (χ0n) is 8.81. The van der Waals surface area contributed by atoms with Crippen LogP contribution in [0.3, 0.4) is 0 Å². The lowest BCUT2D eigenvalue weighted by Gasteiger charge is -2.31. The van der Waals surface area contributed by atoms with Crippen LogP contribution in [0.5, 0.6) is 0 Å². The van der Waals surface area contributed by atoms with Gasteiger partial charge >= 0.3 is 5.97 Å². The summed E-state index contributed by atoms with van der Waals surface area (Å²) in [4.78, 5) is 19.8. The number of carbonyl (C=O) groups is 1. The third-order valence-electron chi connectivity index (χ3n) is 2.54. The van der Waals surface area contributed by atoms with Gasteiger partial charge in [-0.3, -0.25) is 0 Å². The summed E-state index contributed by atoms with van der Waals surface area (Å²) in [7, 11) is 2.08. The summed E-state index contributed by atoms with van der Waals surface area (Å²) in [5, 5.41) is 9.72. The normalized spacial score (nSPS) is 17.8. The highest BCUT2D eigenvalue weighted by atomic mass is 79.9. The first-order valence-corrected chi connectivity index (χ1v) is 6.52. The molecule has 88 valence electrons. The Morgan fingerprint density at radius 2 is 2.06 bits per heavy atom. The number of anilines is 1. The maximum absolute atomic E-state index is 10.9. The van der Waals surface area contributed by atoms with Gasteiger partial charge < -0.3 is 14.9 Å². The van der Waals surface area contributed by atoms with Gasteiger partial charge in [0.15, 0.2) is 5.13 Å². The number of carboxylic acid groups (broad SMARTS) is 1. The summed E-state index contributed by atoms with van der Waals surface area (Å²) in [5.74, 6) is -0.926. The molecule has 7 heteroatoms. The maximum Gasteiger partial charge on any atom is 0.348 e. The maximum atomic E-state index is 10.9. The number of hydrogen-bond acceptors (Lipinski definition) is 5. The fourth-order valence-electron chi connectivity index (χ4n) is 1.56. The Morgan fingerprint density at radius 1 is 1.44 bits per heavy atom. The van der Waals surface area contributed by atoms with Crippen LogP contribution in [-0.2, 0) is 0 Å². The highest BCUT2D eigenvalue weighted by Crippen LogP contribution is 2.30. The Bertz CT molecular complexity index is 401. The first-order chi connectivity index (χ1) is 7.58. The lowest BCUT2D eigenvalue weighted by molar-refractivity contribution is 0.0701. The molecule has 1 aliphatic rings. The number of thiazole rings is 1. The number of nitrogens with zero attached hydrogens (tertiary/aromatic N) is 3. The van der Waals surface area contributed by atoms with E-state index in [1.54, 1.807) is 0 Å². The Kier molecular flexibility index (Phi) is 3.46. The number of aromatic carboxylic acids is 1. The second kappa shape index (κ2) is 4.68. The van der Waals surface area contributed by atoms with Crippen LogP contribution in [0.25, 0.3) is 0 Å². The van der Waals surface area contributed by atoms with Crippen molar-refractivity contribution < 1.29 is 9.90 Å². The van der Waals surface area contributed by atoms with Gasteiger partial charge in [0.05, 0.1) is 0 Å². The standard InChI is InChI=1S/C9H12BrN3O2S/c1-12-2-4-13(5-3-12)9-11-7(10)6(16-9)8(14)15/h2-5H2,1H3,(H,14,15). The van der Waals surface area contributed by atoms with Gasteiger partial charge in [-0.25, -0.2) is 9.78 Å². The number of carboxylic acids is 1.